The molecule has 0 amide bonds. The van der Waals surface area contributed by atoms with Crippen LogP contribution in [-0.2, 0) is 38.1 Å². The standard InChI is InChI=1S/C32H40O9/c1-16-21(20-8-10-36-14-20)12-22-26(16)32(7)23(9-11-37-22)31(6)25(40-18(3)34)13-24(39-17(2)33)30(5)15-38-27(28(30)31)29(32)41-19(4)35/h8-11,14,21-25,27-29H,12-13,15H2,1-7H3/t21-,22-,23+,24+,25-,27+,28+,29+,30+,31-,32+/m0/s1. The van der Waals surface area contributed by atoms with E-state index in [-0.39, 0.29) is 23.9 Å². The first-order valence-electron chi connectivity index (χ1n) is 14.5. The summed E-state index contributed by atoms with van der Waals surface area (Å²) in [5, 5.41) is 0. The number of carbonyl (C=O) groups is 3. The van der Waals surface area contributed by atoms with Gasteiger partial charge in [0.05, 0.1) is 31.5 Å². The lowest BCUT2D eigenvalue weighted by Gasteiger charge is -2.65. The molecule has 2 saturated carbocycles. The lowest BCUT2D eigenvalue weighted by molar-refractivity contribution is -0.250. The topological polar surface area (TPSA) is 110 Å². The highest BCUT2D eigenvalue weighted by Gasteiger charge is 2.77. The van der Waals surface area contributed by atoms with E-state index in [9.17, 15) is 14.4 Å². The minimum atomic E-state index is -0.750. The Bertz CT molecular complexity index is 1310. The number of hydrogen-bond donors (Lipinski definition) is 0. The van der Waals surface area contributed by atoms with Crippen LogP contribution in [0.4, 0.5) is 0 Å². The van der Waals surface area contributed by atoms with Crippen LogP contribution in [0.5, 0.6) is 0 Å². The first-order chi connectivity index (χ1) is 19.3. The van der Waals surface area contributed by atoms with Crippen LogP contribution in [0.2, 0.25) is 0 Å². The number of fused-ring (bicyclic) bond motifs is 4. The third-order valence-corrected chi connectivity index (χ3v) is 11.0. The highest BCUT2D eigenvalue weighted by atomic mass is 16.6. The summed E-state index contributed by atoms with van der Waals surface area (Å²) in [7, 11) is 0. The molecule has 2 aliphatic heterocycles. The fourth-order valence-corrected chi connectivity index (χ4v) is 9.71. The molecule has 0 unspecified atom stereocenters. The number of hydrogen-bond acceptors (Lipinski definition) is 9. The molecule has 5 aliphatic rings. The summed E-state index contributed by atoms with van der Waals surface area (Å²) < 4.78 is 36.8. The largest absolute Gasteiger partial charge is 0.494 e. The molecule has 3 fully saturated rings. The fourth-order valence-electron chi connectivity index (χ4n) is 9.71. The van der Waals surface area contributed by atoms with Crippen LogP contribution in [-0.4, -0.2) is 55.0 Å². The fraction of sp³-hybridized carbons (Fsp3) is 0.656. The number of esters is 3. The average Bonchev–Trinajstić information content (AvgIpc) is 3.58. The van der Waals surface area contributed by atoms with Crippen molar-refractivity contribution in [2.75, 3.05) is 6.61 Å². The van der Waals surface area contributed by atoms with Gasteiger partial charge in [-0.25, -0.2) is 0 Å². The van der Waals surface area contributed by atoms with Gasteiger partial charge in [-0.05, 0) is 36.6 Å². The molecule has 0 N–H and O–H groups in total. The Morgan fingerprint density at radius 1 is 0.951 bits per heavy atom. The number of carbonyl (C=O) groups excluding carboxylic acids is 3. The molecule has 9 nitrogen and oxygen atoms in total. The van der Waals surface area contributed by atoms with Crippen molar-refractivity contribution >= 4 is 17.9 Å². The Kier molecular flexibility index (Phi) is 6.49. The molecule has 0 aromatic carbocycles. The predicted octanol–water partition coefficient (Wildman–Crippen LogP) is 4.86. The molecule has 11 atom stereocenters. The molecule has 3 aliphatic carbocycles. The number of rotatable bonds is 4. The van der Waals surface area contributed by atoms with Crippen LogP contribution in [0.25, 0.3) is 0 Å². The van der Waals surface area contributed by atoms with Gasteiger partial charge in [-0.1, -0.05) is 26.3 Å². The Balaban J connectivity index is 1.58. The Hall–Kier alpha value is -3.07. The van der Waals surface area contributed by atoms with Crippen molar-refractivity contribution in [1.82, 2.24) is 0 Å². The van der Waals surface area contributed by atoms with E-state index in [1.54, 1.807) is 18.8 Å². The van der Waals surface area contributed by atoms with Gasteiger partial charge in [0, 0.05) is 61.2 Å². The minimum absolute atomic E-state index is 0.0833. The van der Waals surface area contributed by atoms with E-state index >= 15 is 0 Å². The number of ether oxygens (including phenoxy) is 5. The molecule has 1 saturated heterocycles. The van der Waals surface area contributed by atoms with Crippen molar-refractivity contribution in [1.29, 1.82) is 0 Å². The molecule has 3 heterocycles. The third kappa shape index (κ3) is 3.87. The quantitative estimate of drug-likeness (QED) is 0.286. The molecule has 1 aromatic rings. The summed E-state index contributed by atoms with van der Waals surface area (Å²) in [6.45, 7) is 13.1. The Labute approximate surface area is 240 Å². The molecule has 9 heteroatoms. The molecule has 0 spiro atoms. The van der Waals surface area contributed by atoms with Crippen LogP contribution in [0, 0.1) is 28.1 Å². The number of furan rings is 1. The van der Waals surface area contributed by atoms with Gasteiger partial charge in [-0.15, -0.1) is 0 Å². The second-order valence-corrected chi connectivity index (χ2v) is 13.2. The molecule has 41 heavy (non-hydrogen) atoms. The average molecular weight is 569 g/mol. The summed E-state index contributed by atoms with van der Waals surface area (Å²) in [6.07, 6.45) is 5.84. The summed E-state index contributed by atoms with van der Waals surface area (Å²) >= 11 is 0. The van der Waals surface area contributed by atoms with Crippen molar-refractivity contribution < 1.29 is 42.5 Å². The van der Waals surface area contributed by atoms with Gasteiger partial charge in [-0.3, -0.25) is 14.4 Å². The normalized spacial score (nSPS) is 44.2. The van der Waals surface area contributed by atoms with Crippen LogP contribution in [0.3, 0.4) is 0 Å². The zero-order valence-corrected chi connectivity index (χ0v) is 24.8. The monoisotopic (exact) mass is 568 g/mol. The van der Waals surface area contributed by atoms with Gasteiger partial charge in [0.25, 0.3) is 0 Å². The van der Waals surface area contributed by atoms with E-state index in [1.807, 2.05) is 6.07 Å². The molecule has 1 aromatic heterocycles. The molecule has 6 rings (SSSR count). The van der Waals surface area contributed by atoms with Gasteiger partial charge >= 0.3 is 17.9 Å². The van der Waals surface area contributed by atoms with E-state index < -0.39 is 58.6 Å². The minimum Gasteiger partial charge on any atom is -0.494 e. The first kappa shape index (κ1) is 28.1. The molecular formula is C32H40O9. The van der Waals surface area contributed by atoms with Crippen LogP contribution < -0.4 is 0 Å². The van der Waals surface area contributed by atoms with Gasteiger partial charge in [0.15, 0.2) is 0 Å². The van der Waals surface area contributed by atoms with Crippen molar-refractivity contribution in [3.63, 3.8) is 0 Å². The summed E-state index contributed by atoms with van der Waals surface area (Å²) in [4.78, 5) is 37.6. The maximum absolute atomic E-state index is 12.8. The van der Waals surface area contributed by atoms with Crippen LogP contribution in [0.15, 0.2) is 46.5 Å². The lowest BCUT2D eigenvalue weighted by Crippen LogP contribution is -2.72. The second-order valence-electron chi connectivity index (χ2n) is 13.2. The zero-order valence-electron chi connectivity index (χ0n) is 24.8. The SMILES string of the molecule is CC(=O)O[C@@H]1[C@@H]2OC[C@@]3(C)[C@@H]2[C@](C)([C@@H](OC(C)=O)C[C@H]3OC(C)=O)[C@H]2C=CO[C@H]3C[C@H](c4ccoc4)C(C)=C3[C@]12C. The highest BCUT2D eigenvalue weighted by molar-refractivity contribution is 5.68. The third-order valence-electron chi connectivity index (χ3n) is 11.0. The van der Waals surface area contributed by atoms with Crippen molar-refractivity contribution in [3.05, 3.63) is 47.6 Å². The number of allylic oxidation sites excluding steroid dienone is 2. The maximum Gasteiger partial charge on any atom is 0.303 e. The van der Waals surface area contributed by atoms with Crippen molar-refractivity contribution in [2.45, 2.75) is 97.7 Å². The van der Waals surface area contributed by atoms with Gasteiger partial charge < -0.3 is 28.1 Å². The smallest absolute Gasteiger partial charge is 0.303 e. The molecule has 222 valence electrons. The maximum atomic E-state index is 12.8. The van der Waals surface area contributed by atoms with E-state index in [0.717, 1.165) is 23.1 Å². The van der Waals surface area contributed by atoms with Crippen LogP contribution in [0.1, 0.15) is 72.8 Å². The Morgan fingerprint density at radius 2 is 1.63 bits per heavy atom. The van der Waals surface area contributed by atoms with Crippen molar-refractivity contribution in [3.8, 4) is 0 Å². The highest BCUT2D eigenvalue weighted by Crippen LogP contribution is 2.72. The van der Waals surface area contributed by atoms with E-state index in [0.29, 0.717) is 13.0 Å². The molecule has 0 bridgehead atoms. The second kappa shape index (κ2) is 9.48. The Morgan fingerprint density at radius 3 is 2.27 bits per heavy atom. The van der Waals surface area contributed by atoms with Gasteiger partial charge in [0.1, 0.15) is 24.4 Å². The summed E-state index contributed by atoms with van der Waals surface area (Å²) in [6, 6.07) is 1.98. The van der Waals surface area contributed by atoms with Crippen LogP contribution >= 0.6 is 0 Å². The first-order valence-corrected chi connectivity index (χ1v) is 14.5. The van der Waals surface area contributed by atoms with Crippen molar-refractivity contribution in [2.24, 2.45) is 28.1 Å². The predicted molar refractivity (Wildman–Crippen MR) is 145 cm³/mol. The van der Waals surface area contributed by atoms with E-state index in [2.05, 4.69) is 33.8 Å². The molecular weight excluding hydrogens is 528 g/mol. The van der Waals surface area contributed by atoms with E-state index in [4.69, 9.17) is 28.1 Å². The lowest BCUT2D eigenvalue weighted by atomic mass is 9.40. The van der Waals surface area contributed by atoms with E-state index in [1.165, 1.54) is 20.8 Å². The molecule has 0 radical (unpaired) electrons. The van der Waals surface area contributed by atoms with Gasteiger partial charge in [-0.2, -0.15) is 0 Å². The summed E-state index contributed by atoms with van der Waals surface area (Å²) in [5.74, 6) is -1.63. The summed E-state index contributed by atoms with van der Waals surface area (Å²) in [5.41, 5.74) is 1.30. The zero-order chi connectivity index (χ0) is 29.5. The van der Waals surface area contributed by atoms with Gasteiger partial charge in [0.2, 0.25) is 0 Å².